The Hall–Kier alpha value is -1.85. The van der Waals surface area contributed by atoms with E-state index in [1.807, 2.05) is 62.4 Å². The Bertz CT molecular complexity index is 874. The minimum absolute atomic E-state index is 0. The summed E-state index contributed by atoms with van der Waals surface area (Å²) in [6, 6.07) is 15.5. The molecule has 2 aromatic carbocycles. The molecule has 4 N–H and O–H groups in total. The van der Waals surface area contributed by atoms with Crippen LogP contribution in [0.3, 0.4) is 0 Å². The fourth-order valence-corrected chi connectivity index (χ4v) is 2.71. The van der Waals surface area contributed by atoms with Crippen LogP contribution in [0.4, 0.5) is 0 Å². The molecule has 0 radical (unpaired) electrons. The first-order valence-corrected chi connectivity index (χ1v) is 10.4. The van der Waals surface area contributed by atoms with Crippen LogP contribution < -0.4 is 20.5 Å². The van der Waals surface area contributed by atoms with E-state index in [-0.39, 0.29) is 36.3 Å². The van der Waals surface area contributed by atoms with Gasteiger partial charge in [0.25, 0.3) is 0 Å². The molecule has 0 aromatic heterocycles. The molecule has 2 aromatic rings. The van der Waals surface area contributed by atoms with Crippen molar-refractivity contribution in [1.29, 1.82) is 0 Å². The molecule has 0 heterocycles. The zero-order chi connectivity index (χ0) is 19.7. The fourth-order valence-electron chi connectivity index (χ4n) is 2.32. The van der Waals surface area contributed by atoms with Gasteiger partial charge in [-0.25, -0.2) is 18.5 Å². The number of para-hydroxylation sites is 1. The van der Waals surface area contributed by atoms with Crippen molar-refractivity contribution in [3.8, 4) is 11.5 Å². The molecule has 0 saturated heterocycles. The Morgan fingerprint density at radius 3 is 2.50 bits per heavy atom. The van der Waals surface area contributed by atoms with Gasteiger partial charge in [-0.3, -0.25) is 0 Å². The lowest BCUT2D eigenvalue weighted by Crippen LogP contribution is -2.40. The summed E-state index contributed by atoms with van der Waals surface area (Å²) in [5.74, 6) is 1.86. The second-order valence-electron chi connectivity index (χ2n) is 6.02. The molecule has 0 unspecified atom stereocenters. The number of aliphatic imine (C=N–C) groups is 1. The van der Waals surface area contributed by atoms with Gasteiger partial charge in [-0.05, 0) is 37.6 Å². The highest BCUT2D eigenvalue weighted by Gasteiger charge is 2.07. The summed E-state index contributed by atoms with van der Waals surface area (Å²) in [4.78, 5) is 4.51. The largest absolute Gasteiger partial charge is 0.457 e. The van der Waals surface area contributed by atoms with Gasteiger partial charge in [0.05, 0.1) is 12.3 Å². The predicted molar refractivity (Wildman–Crippen MR) is 124 cm³/mol. The molecule has 0 atom stereocenters. The molecule has 7 nitrogen and oxygen atoms in total. The number of primary sulfonamides is 1. The number of nitrogens with two attached hydrogens (primary N) is 1. The number of halogens is 1. The number of aryl methyl sites for hydroxylation is 1. The zero-order valence-electron chi connectivity index (χ0n) is 16.0. The summed E-state index contributed by atoms with van der Waals surface area (Å²) in [7, 11) is -3.51. The van der Waals surface area contributed by atoms with Gasteiger partial charge in [-0.15, -0.1) is 24.0 Å². The van der Waals surface area contributed by atoms with Crippen LogP contribution in [0, 0.1) is 6.92 Å². The standard InChI is InChI=1S/C19H26N4O3S.HI/c1-3-21-19(22-11-12-27(20,24)25)23-14-16-10-9-15(2)13-18(16)26-17-7-5-4-6-8-17;/h4-10,13H,3,11-12,14H2,1-2H3,(H2,20,24,25)(H2,21,22,23);1H. The highest BCUT2D eigenvalue weighted by Crippen LogP contribution is 2.27. The number of benzene rings is 2. The summed E-state index contributed by atoms with van der Waals surface area (Å²) in [5, 5.41) is 11.1. The third-order valence-electron chi connectivity index (χ3n) is 3.62. The molecule has 2 rings (SSSR count). The van der Waals surface area contributed by atoms with Gasteiger partial charge >= 0.3 is 0 Å². The van der Waals surface area contributed by atoms with Gasteiger partial charge in [0, 0.05) is 18.7 Å². The zero-order valence-corrected chi connectivity index (χ0v) is 19.2. The number of sulfonamides is 1. The molecule has 0 spiro atoms. The second-order valence-corrected chi connectivity index (χ2v) is 7.75. The number of nitrogens with one attached hydrogen (secondary N) is 2. The van der Waals surface area contributed by atoms with Gasteiger partial charge in [0.2, 0.25) is 10.0 Å². The molecular weight excluding hydrogens is 491 g/mol. The van der Waals surface area contributed by atoms with E-state index >= 15 is 0 Å². The van der Waals surface area contributed by atoms with Crippen LogP contribution in [-0.2, 0) is 16.6 Å². The van der Waals surface area contributed by atoms with Crippen molar-refractivity contribution < 1.29 is 13.2 Å². The minimum Gasteiger partial charge on any atom is -0.457 e. The first-order chi connectivity index (χ1) is 12.9. The van der Waals surface area contributed by atoms with Gasteiger partial charge < -0.3 is 15.4 Å². The van der Waals surface area contributed by atoms with Crippen LogP contribution in [0.1, 0.15) is 18.1 Å². The van der Waals surface area contributed by atoms with E-state index in [1.165, 1.54) is 0 Å². The van der Waals surface area contributed by atoms with Crippen molar-refractivity contribution in [3.63, 3.8) is 0 Å². The minimum atomic E-state index is -3.51. The maximum absolute atomic E-state index is 11.1. The highest BCUT2D eigenvalue weighted by atomic mass is 127. The number of nitrogens with zero attached hydrogens (tertiary/aromatic N) is 1. The van der Waals surface area contributed by atoms with Crippen LogP contribution >= 0.6 is 24.0 Å². The first-order valence-electron chi connectivity index (χ1n) is 8.72. The lowest BCUT2D eigenvalue weighted by atomic mass is 10.1. The average molecular weight is 518 g/mol. The van der Waals surface area contributed by atoms with E-state index in [4.69, 9.17) is 9.88 Å². The molecule has 154 valence electrons. The van der Waals surface area contributed by atoms with Crippen LogP contribution in [0.2, 0.25) is 0 Å². The van der Waals surface area contributed by atoms with E-state index in [0.717, 1.165) is 22.6 Å². The molecule has 0 fully saturated rings. The topological polar surface area (TPSA) is 106 Å². The van der Waals surface area contributed by atoms with Crippen molar-refractivity contribution >= 4 is 40.0 Å². The number of hydrogen-bond acceptors (Lipinski definition) is 4. The summed E-state index contributed by atoms with van der Waals surface area (Å²) in [5.41, 5.74) is 2.01. The monoisotopic (exact) mass is 518 g/mol. The number of hydrogen-bond donors (Lipinski definition) is 3. The van der Waals surface area contributed by atoms with E-state index in [1.54, 1.807) is 0 Å². The Balaban J connectivity index is 0.00000392. The van der Waals surface area contributed by atoms with Crippen molar-refractivity contribution in [3.05, 3.63) is 59.7 Å². The summed E-state index contributed by atoms with van der Waals surface area (Å²) < 4.78 is 28.1. The van der Waals surface area contributed by atoms with Gasteiger partial charge in [-0.2, -0.15) is 0 Å². The number of rotatable bonds is 8. The van der Waals surface area contributed by atoms with Crippen molar-refractivity contribution in [2.24, 2.45) is 10.1 Å². The fraction of sp³-hybridized carbons (Fsp3) is 0.316. The van der Waals surface area contributed by atoms with E-state index in [9.17, 15) is 8.42 Å². The van der Waals surface area contributed by atoms with Crippen LogP contribution in [0.5, 0.6) is 11.5 Å². The second kappa shape index (κ2) is 11.9. The molecule has 9 heteroatoms. The molecule has 0 aliphatic heterocycles. The smallest absolute Gasteiger partial charge is 0.210 e. The van der Waals surface area contributed by atoms with E-state index in [2.05, 4.69) is 15.6 Å². The molecule has 0 aliphatic carbocycles. The molecule has 0 saturated carbocycles. The number of ether oxygens (including phenoxy) is 1. The van der Waals surface area contributed by atoms with Crippen molar-refractivity contribution in [2.45, 2.75) is 20.4 Å². The van der Waals surface area contributed by atoms with Crippen molar-refractivity contribution in [1.82, 2.24) is 10.6 Å². The summed E-state index contributed by atoms with van der Waals surface area (Å²) in [6.45, 7) is 5.16. The van der Waals surface area contributed by atoms with Crippen LogP contribution in [-0.4, -0.2) is 33.2 Å². The molecule has 28 heavy (non-hydrogen) atoms. The summed E-state index contributed by atoms with van der Waals surface area (Å²) in [6.07, 6.45) is 0. The SMILES string of the molecule is CCNC(=NCc1ccc(C)cc1Oc1ccccc1)NCCS(N)(=O)=O.I. The third kappa shape index (κ3) is 8.89. The first kappa shape index (κ1) is 24.2. The lowest BCUT2D eigenvalue weighted by molar-refractivity contribution is 0.476. The van der Waals surface area contributed by atoms with Crippen LogP contribution in [0.15, 0.2) is 53.5 Å². The highest BCUT2D eigenvalue weighted by molar-refractivity contribution is 14.0. The Labute approximate surface area is 183 Å². The maximum atomic E-state index is 11.1. The average Bonchev–Trinajstić information content (AvgIpc) is 2.61. The molecule has 0 aliphatic rings. The number of guanidine groups is 1. The van der Waals surface area contributed by atoms with Gasteiger partial charge in [-0.1, -0.05) is 30.3 Å². The summed E-state index contributed by atoms with van der Waals surface area (Å²) >= 11 is 0. The van der Waals surface area contributed by atoms with Crippen LogP contribution in [0.25, 0.3) is 0 Å². The molecule has 0 amide bonds. The normalized spacial score (nSPS) is 11.5. The lowest BCUT2D eigenvalue weighted by Gasteiger charge is -2.13. The predicted octanol–water partition coefficient (Wildman–Crippen LogP) is 2.75. The quantitative estimate of drug-likeness (QED) is 0.283. The maximum Gasteiger partial charge on any atom is 0.210 e. The van der Waals surface area contributed by atoms with Gasteiger partial charge in [0.15, 0.2) is 5.96 Å². The van der Waals surface area contributed by atoms with E-state index in [0.29, 0.717) is 19.0 Å². The Morgan fingerprint density at radius 2 is 1.86 bits per heavy atom. The van der Waals surface area contributed by atoms with Crippen molar-refractivity contribution in [2.75, 3.05) is 18.8 Å². The molecule has 0 bridgehead atoms. The van der Waals surface area contributed by atoms with Gasteiger partial charge in [0.1, 0.15) is 11.5 Å². The van der Waals surface area contributed by atoms with E-state index < -0.39 is 10.0 Å². The Morgan fingerprint density at radius 1 is 1.14 bits per heavy atom. The third-order valence-corrected chi connectivity index (χ3v) is 4.40. The molecular formula is C19H27IN4O3S. The Kier molecular flexibility index (Phi) is 10.3.